The third kappa shape index (κ3) is 5.54. The standard InChI is InChI=1S/C19H31N3O/c1-4-23-10-9-19(7-5-6-8-19)14-21-18(20)22-17-12-15(2)11-16(3)13-17/h11-13H,4-10,14H2,1-3H3,(H3,20,21,22). The van der Waals surface area contributed by atoms with Gasteiger partial charge in [0.15, 0.2) is 5.96 Å². The molecule has 23 heavy (non-hydrogen) atoms. The Bertz CT molecular complexity index is 513. The van der Waals surface area contributed by atoms with Crippen LogP contribution in [0.4, 0.5) is 5.69 Å². The molecule has 1 aliphatic carbocycles. The Morgan fingerprint density at radius 2 is 1.87 bits per heavy atom. The molecular formula is C19H31N3O. The molecule has 4 nitrogen and oxygen atoms in total. The smallest absolute Gasteiger partial charge is 0.193 e. The molecule has 1 fully saturated rings. The van der Waals surface area contributed by atoms with Crippen molar-refractivity contribution in [1.82, 2.24) is 0 Å². The molecule has 0 aliphatic heterocycles. The van der Waals surface area contributed by atoms with Crippen molar-refractivity contribution in [3.8, 4) is 0 Å². The van der Waals surface area contributed by atoms with Crippen molar-refractivity contribution in [2.75, 3.05) is 25.1 Å². The summed E-state index contributed by atoms with van der Waals surface area (Å²) in [6.07, 6.45) is 6.15. The number of nitrogens with two attached hydrogens (primary N) is 1. The molecule has 0 atom stereocenters. The van der Waals surface area contributed by atoms with Crippen LogP contribution < -0.4 is 11.1 Å². The molecule has 0 bridgehead atoms. The van der Waals surface area contributed by atoms with E-state index in [1.54, 1.807) is 0 Å². The highest BCUT2D eigenvalue weighted by molar-refractivity contribution is 5.92. The van der Waals surface area contributed by atoms with E-state index < -0.39 is 0 Å². The molecule has 128 valence electrons. The van der Waals surface area contributed by atoms with Gasteiger partial charge in [-0.3, -0.25) is 4.99 Å². The molecular weight excluding hydrogens is 286 g/mol. The van der Waals surface area contributed by atoms with Crippen molar-refractivity contribution >= 4 is 11.6 Å². The van der Waals surface area contributed by atoms with Crippen LogP contribution in [0.25, 0.3) is 0 Å². The highest BCUT2D eigenvalue weighted by Crippen LogP contribution is 2.41. The lowest BCUT2D eigenvalue weighted by atomic mass is 9.83. The van der Waals surface area contributed by atoms with Crippen LogP contribution in [0.3, 0.4) is 0 Å². The Labute approximate surface area is 140 Å². The summed E-state index contributed by atoms with van der Waals surface area (Å²) < 4.78 is 5.55. The maximum atomic E-state index is 6.11. The van der Waals surface area contributed by atoms with Crippen LogP contribution in [0.15, 0.2) is 23.2 Å². The Morgan fingerprint density at radius 3 is 2.48 bits per heavy atom. The van der Waals surface area contributed by atoms with E-state index in [-0.39, 0.29) is 5.41 Å². The lowest BCUT2D eigenvalue weighted by Gasteiger charge is -2.27. The van der Waals surface area contributed by atoms with E-state index in [1.165, 1.54) is 36.8 Å². The van der Waals surface area contributed by atoms with Crippen LogP contribution in [0.2, 0.25) is 0 Å². The average molecular weight is 317 g/mol. The number of benzene rings is 1. The topological polar surface area (TPSA) is 59.6 Å². The van der Waals surface area contributed by atoms with E-state index in [2.05, 4.69) is 42.4 Å². The SMILES string of the molecule is CCOCCC1(CN=C(N)Nc2cc(C)cc(C)c2)CCCC1. The van der Waals surface area contributed by atoms with Gasteiger partial charge < -0.3 is 15.8 Å². The van der Waals surface area contributed by atoms with Gasteiger partial charge in [0.1, 0.15) is 0 Å². The number of aryl methyl sites for hydroxylation is 2. The highest BCUT2D eigenvalue weighted by Gasteiger charge is 2.33. The lowest BCUT2D eigenvalue weighted by Crippen LogP contribution is -2.28. The summed E-state index contributed by atoms with van der Waals surface area (Å²) in [6.45, 7) is 8.64. The number of aliphatic imine (C=N–C) groups is 1. The second-order valence-corrected chi connectivity index (χ2v) is 6.86. The number of ether oxygens (including phenoxy) is 1. The van der Waals surface area contributed by atoms with Crippen molar-refractivity contribution in [1.29, 1.82) is 0 Å². The molecule has 0 spiro atoms. The first kappa shape index (κ1) is 17.8. The zero-order chi connectivity index (χ0) is 16.7. The Hall–Kier alpha value is -1.55. The molecule has 1 aromatic carbocycles. The summed E-state index contributed by atoms with van der Waals surface area (Å²) in [5.74, 6) is 0.512. The fraction of sp³-hybridized carbons (Fsp3) is 0.632. The quantitative estimate of drug-likeness (QED) is 0.454. The first-order chi connectivity index (χ1) is 11.0. The van der Waals surface area contributed by atoms with Gasteiger partial charge in [0.2, 0.25) is 0 Å². The van der Waals surface area contributed by atoms with E-state index in [0.717, 1.165) is 31.9 Å². The summed E-state index contributed by atoms with van der Waals surface area (Å²) in [7, 11) is 0. The van der Waals surface area contributed by atoms with Gasteiger partial charge in [0.25, 0.3) is 0 Å². The third-order valence-electron chi connectivity index (χ3n) is 4.72. The predicted octanol–water partition coefficient (Wildman–Crippen LogP) is 4.02. The van der Waals surface area contributed by atoms with E-state index >= 15 is 0 Å². The Morgan fingerprint density at radius 1 is 1.22 bits per heavy atom. The zero-order valence-electron chi connectivity index (χ0n) is 14.8. The van der Waals surface area contributed by atoms with Crippen LogP contribution in [-0.4, -0.2) is 25.7 Å². The van der Waals surface area contributed by atoms with Crippen LogP contribution in [0, 0.1) is 19.3 Å². The first-order valence-electron chi connectivity index (χ1n) is 8.76. The van der Waals surface area contributed by atoms with Crippen molar-refractivity contribution in [2.24, 2.45) is 16.1 Å². The molecule has 0 unspecified atom stereocenters. The Kier molecular flexibility index (Phi) is 6.46. The molecule has 1 aromatic rings. The number of nitrogens with zero attached hydrogens (tertiary/aromatic N) is 1. The average Bonchev–Trinajstić information content (AvgIpc) is 2.94. The number of nitrogens with one attached hydrogen (secondary N) is 1. The molecule has 0 amide bonds. The normalized spacial score (nSPS) is 17.4. The number of rotatable bonds is 7. The van der Waals surface area contributed by atoms with Crippen molar-refractivity contribution in [3.63, 3.8) is 0 Å². The first-order valence-corrected chi connectivity index (χ1v) is 8.76. The Balaban J connectivity index is 1.96. The van der Waals surface area contributed by atoms with Gasteiger partial charge in [-0.2, -0.15) is 0 Å². The summed E-state index contributed by atoms with van der Waals surface area (Å²) in [5, 5.41) is 3.23. The van der Waals surface area contributed by atoms with Crippen LogP contribution in [-0.2, 0) is 4.74 Å². The predicted molar refractivity (Wildman–Crippen MR) is 98.0 cm³/mol. The van der Waals surface area contributed by atoms with Gasteiger partial charge >= 0.3 is 0 Å². The summed E-state index contributed by atoms with van der Waals surface area (Å²) in [4.78, 5) is 4.64. The number of anilines is 1. The van der Waals surface area contributed by atoms with E-state index in [9.17, 15) is 0 Å². The van der Waals surface area contributed by atoms with Crippen molar-refractivity contribution < 1.29 is 4.74 Å². The van der Waals surface area contributed by atoms with Gasteiger partial charge in [0, 0.05) is 25.4 Å². The van der Waals surface area contributed by atoms with Crippen LogP contribution >= 0.6 is 0 Å². The molecule has 4 heteroatoms. The molecule has 0 radical (unpaired) electrons. The van der Waals surface area contributed by atoms with Gasteiger partial charge in [0.05, 0.1) is 0 Å². The van der Waals surface area contributed by atoms with Crippen LogP contribution in [0.5, 0.6) is 0 Å². The number of hydrogen-bond acceptors (Lipinski definition) is 2. The maximum absolute atomic E-state index is 6.11. The second-order valence-electron chi connectivity index (χ2n) is 6.86. The zero-order valence-corrected chi connectivity index (χ0v) is 14.8. The lowest BCUT2D eigenvalue weighted by molar-refractivity contribution is 0.107. The van der Waals surface area contributed by atoms with Crippen LogP contribution in [0.1, 0.15) is 50.2 Å². The fourth-order valence-corrected chi connectivity index (χ4v) is 3.53. The van der Waals surface area contributed by atoms with E-state index in [4.69, 9.17) is 10.5 Å². The molecule has 0 heterocycles. The van der Waals surface area contributed by atoms with Crippen molar-refractivity contribution in [3.05, 3.63) is 29.3 Å². The highest BCUT2D eigenvalue weighted by atomic mass is 16.5. The minimum atomic E-state index is 0.282. The van der Waals surface area contributed by atoms with Gasteiger partial charge in [-0.05, 0) is 68.7 Å². The molecule has 2 rings (SSSR count). The largest absolute Gasteiger partial charge is 0.382 e. The summed E-state index contributed by atoms with van der Waals surface area (Å²) in [6, 6.07) is 6.34. The molecule has 1 aliphatic rings. The number of hydrogen-bond donors (Lipinski definition) is 2. The number of guanidine groups is 1. The van der Waals surface area contributed by atoms with Crippen molar-refractivity contribution in [2.45, 2.75) is 52.9 Å². The third-order valence-corrected chi connectivity index (χ3v) is 4.72. The molecule has 0 saturated heterocycles. The van der Waals surface area contributed by atoms with Gasteiger partial charge in [-0.15, -0.1) is 0 Å². The minimum Gasteiger partial charge on any atom is -0.382 e. The van der Waals surface area contributed by atoms with Gasteiger partial charge in [-0.25, -0.2) is 0 Å². The van der Waals surface area contributed by atoms with Gasteiger partial charge in [-0.1, -0.05) is 18.9 Å². The molecule has 0 aromatic heterocycles. The monoisotopic (exact) mass is 317 g/mol. The maximum Gasteiger partial charge on any atom is 0.193 e. The second kappa shape index (κ2) is 8.34. The fourth-order valence-electron chi connectivity index (χ4n) is 3.53. The van der Waals surface area contributed by atoms with E-state index in [1.807, 2.05) is 6.92 Å². The molecule has 1 saturated carbocycles. The molecule has 3 N–H and O–H groups in total. The van der Waals surface area contributed by atoms with E-state index in [0.29, 0.717) is 5.96 Å². The summed E-state index contributed by atoms with van der Waals surface area (Å²) in [5.41, 5.74) is 9.85. The summed E-state index contributed by atoms with van der Waals surface area (Å²) >= 11 is 0. The minimum absolute atomic E-state index is 0.282.